The number of hydrogen-bond donors (Lipinski definition) is 1. The average Bonchev–Trinajstić information content (AvgIpc) is 2.71. The lowest BCUT2D eigenvalue weighted by Crippen LogP contribution is -2.13. The van der Waals surface area contributed by atoms with Crippen molar-refractivity contribution in [1.82, 2.24) is 9.55 Å². The lowest BCUT2D eigenvalue weighted by atomic mass is 10.2. The zero-order chi connectivity index (χ0) is 14.7. The van der Waals surface area contributed by atoms with Crippen LogP contribution in [-0.4, -0.2) is 16.1 Å². The maximum atomic E-state index is 13.2. The molecule has 1 N–H and O–H groups in total. The van der Waals surface area contributed by atoms with E-state index in [-0.39, 0.29) is 0 Å². The molecule has 0 atom stereocenters. The van der Waals surface area contributed by atoms with Crippen LogP contribution in [0, 0.1) is 24.5 Å². The Balaban J connectivity index is 2.17. The molecule has 0 saturated carbocycles. The Morgan fingerprint density at radius 2 is 2.00 bits per heavy atom. The van der Waals surface area contributed by atoms with Gasteiger partial charge in [0.15, 0.2) is 11.6 Å². The van der Waals surface area contributed by atoms with Gasteiger partial charge in [-0.25, -0.2) is 13.8 Å². The van der Waals surface area contributed by atoms with Gasteiger partial charge in [-0.2, -0.15) is 0 Å². The van der Waals surface area contributed by atoms with E-state index in [4.69, 9.17) is 0 Å². The molecule has 0 fully saturated rings. The minimum atomic E-state index is -0.825. The third-order valence-corrected chi connectivity index (χ3v) is 2.90. The molecule has 1 aromatic heterocycles. The number of halogens is 2. The highest BCUT2D eigenvalue weighted by atomic mass is 19.2. The highest BCUT2D eigenvalue weighted by Crippen LogP contribution is 2.15. The zero-order valence-electron chi connectivity index (χ0n) is 12.0. The second kappa shape index (κ2) is 6.03. The SMILES string of the molecule is Cc1cn(Cc2ccc(F)c(F)c2)c(NCC(C)C)n1. The van der Waals surface area contributed by atoms with Gasteiger partial charge in [0.1, 0.15) is 0 Å². The molecule has 3 nitrogen and oxygen atoms in total. The van der Waals surface area contributed by atoms with Crippen molar-refractivity contribution < 1.29 is 8.78 Å². The molecule has 0 bridgehead atoms. The maximum Gasteiger partial charge on any atom is 0.203 e. The Morgan fingerprint density at radius 1 is 1.25 bits per heavy atom. The third kappa shape index (κ3) is 3.56. The fourth-order valence-corrected chi connectivity index (χ4v) is 1.94. The summed E-state index contributed by atoms with van der Waals surface area (Å²) >= 11 is 0. The van der Waals surface area contributed by atoms with Gasteiger partial charge in [0.25, 0.3) is 0 Å². The van der Waals surface area contributed by atoms with Crippen molar-refractivity contribution in [3.63, 3.8) is 0 Å². The predicted molar refractivity (Wildman–Crippen MR) is 75.8 cm³/mol. The van der Waals surface area contributed by atoms with Crippen LogP contribution in [0.5, 0.6) is 0 Å². The van der Waals surface area contributed by atoms with Crippen LogP contribution < -0.4 is 5.32 Å². The summed E-state index contributed by atoms with van der Waals surface area (Å²) < 4.78 is 28.1. The van der Waals surface area contributed by atoms with Gasteiger partial charge in [-0.05, 0) is 30.5 Å². The molecule has 0 spiro atoms. The van der Waals surface area contributed by atoms with Gasteiger partial charge in [0.2, 0.25) is 5.95 Å². The first-order chi connectivity index (χ1) is 9.45. The molecule has 0 unspecified atom stereocenters. The average molecular weight is 279 g/mol. The zero-order valence-corrected chi connectivity index (χ0v) is 12.0. The molecule has 0 aliphatic rings. The number of benzene rings is 1. The van der Waals surface area contributed by atoms with E-state index >= 15 is 0 Å². The van der Waals surface area contributed by atoms with Crippen LogP contribution in [0.3, 0.4) is 0 Å². The molecule has 1 heterocycles. The van der Waals surface area contributed by atoms with Crippen LogP contribution in [0.15, 0.2) is 24.4 Å². The summed E-state index contributed by atoms with van der Waals surface area (Å²) in [5.41, 5.74) is 1.59. The van der Waals surface area contributed by atoms with Gasteiger partial charge < -0.3 is 9.88 Å². The van der Waals surface area contributed by atoms with Crippen LogP contribution in [0.4, 0.5) is 14.7 Å². The fourth-order valence-electron chi connectivity index (χ4n) is 1.94. The molecular formula is C15H19F2N3. The number of imidazole rings is 1. The van der Waals surface area contributed by atoms with E-state index in [1.54, 1.807) is 6.07 Å². The molecular weight excluding hydrogens is 260 g/mol. The standard InChI is InChI=1S/C15H19F2N3/c1-10(2)7-18-15-19-11(3)8-20(15)9-12-4-5-13(16)14(17)6-12/h4-6,8,10H,7,9H2,1-3H3,(H,18,19). The number of nitrogens with zero attached hydrogens (tertiary/aromatic N) is 2. The number of hydrogen-bond acceptors (Lipinski definition) is 2. The minimum Gasteiger partial charge on any atom is -0.355 e. The Morgan fingerprint density at radius 3 is 2.65 bits per heavy atom. The van der Waals surface area contributed by atoms with Crippen LogP contribution in [0.25, 0.3) is 0 Å². The second-order valence-corrected chi connectivity index (χ2v) is 5.36. The van der Waals surface area contributed by atoms with E-state index in [9.17, 15) is 8.78 Å². The minimum absolute atomic E-state index is 0.457. The van der Waals surface area contributed by atoms with Crippen molar-refractivity contribution in [2.24, 2.45) is 5.92 Å². The van der Waals surface area contributed by atoms with Gasteiger partial charge in [0.05, 0.1) is 12.2 Å². The van der Waals surface area contributed by atoms with E-state index in [0.717, 1.165) is 24.3 Å². The summed E-state index contributed by atoms with van der Waals surface area (Å²) in [7, 11) is 0. The highest BCUT2D eigenvalue weighted by molar-refractivity contribution is 5.31. The van der Waals surface area contributed by atoms with E-state index in [1.165, 1.54) is 6.07 Å². The Kier molecular flexibility index (Phi) is 4.37. The van der Waals surface area contributed by atoms with Crippen LogP contribution in [0.2, 0.25) is 0 Å². The predicted octanol–water partition coefficient (Wildman–Crippen LogP) is 3.59. The van der Waals surface area contributed by atoms with Crippen molar-refractivity contribution >= 4 is 5.95 Å². The third-order valence-electron chi connectivity index (χ3n) is 2.90. The molecule has 1 aromatic carbocycles. The lowest BCUT2D eigenvalue weighted by molar-refractivity contribution is 0.506. The van der Waals surface area contributed by atoms with E-state index < -0.39 is 11.6 Å². The Hall–Kier alpha value is -1.91. The number of nitrogens with one attached hydrogen (secondary N) is 1. The fraction of sp³-hybridized carbons (Fsp3) is 0.400. The molecule has 0 saturated heterocycles. The van der Waals surface area contributed by atoms with Gasteiger partial charge in [-0.1, -0.05) is 19.9 Å². The Labute approximate surface area is 117 Å². The molecule has 2 aromatic rings. The van der Waals surface area contributed by atoms with Crippen LogP contribution in [0.1, 0.15) is 25.1 Å². The quantitative estimate of drug-likeness (QED) is 0.906. The summed E-state index contributed by atoms with van der Waals surface area (Å²) in [6, 6.07) is 3.95. The summed E-state index contributed by atoms with van der Waals surface area (Å²) in [6.07, 6.45) is 1.89. The smallest absolute Gasteiger partial charge is 0.203 e. The normalized spacial score (nSPS) is 11.1. The Bertz CT molecular complexity index is 591. The summed E-state index contributed by atoms with van der Waals surface area (Å²) in [6.45, 7) is 7.40. The van der Waals surface area contributed by atoms with Crippen molar-refractivity contribution in [2.45, 2.75) is 27.3 Å². The van der Waals surface area contributed by atoms with Crippen molar-refractivity contribution in [2.75, 3.05) is 11.9 Å². The lowest BCUT2D eigenvalue weighted by Gasteiger charge is -2.11. The number of rotatable bonds is 5. The van der Waals surface area contributed by atoms with E-state index in [0.29, 0.717) is 18.0 Å². The van der Waals surface area contributed by atoms with Gasteiger partial charge >= 0.3 is 0 Å². The molecule has 0 aliphatic heterocycles. The van der Waals surface area contributed by atoms with Crippen LogP contribution in [-0.2, 0) is 6.54 Å². The summed E-state index contributed by atoms with van der Waals surface area (Å²) in [5, 5.41) is 3.26. The second-order valence-electron chi connectivity index (χ2n) is 5.36. The first kappa shape index (κ1) is 14.5. The highest BCUT2D eigenvalue weighted by Gasteiger charge is 2.08. The number of aryl methyl sites for hydroxylation is 1. The largest absolute Gasteiger partial charge is 0.355 e. The first-order valence-electron chi connectivity index (χ1n) is 6.67. The monoisotopic (exact) mass is 279 g/mol. The van der Waals surface area contributed by atoms with Gasteiger partial charge in [-0.15, -0.1) is 0 Å². The molecule has 5 heteroatoms. The summed E-state index contributed by atoms with van der Waals surface area (Å²) in [5.74, 6) is -0.394. The van der Waals surface area contributed by atoms with Gasteiger partial charge in [0, 0.05) is 12.7 Å². The maximum absolute atomic E-state index is 13.2. The summed E-state index contributed by atoms with van der Waals surface area (Å²) in [4.78, 5) is 4.40. The van der Waals surface area contributed by atoms with Crippen molar-refractivity contribution in [3.05, 3.63) is 47.3 Å². The first-order valence-corrected chi connectivity index (χ1v) is 6.67. The molecule has 2 rings (SSSR count). The van der Waals surface area contributed by atoms with E-state index in [2.05, 4.69) is 24.1 Å². The van der Waals surface area contributed by atoms with Crippen molar-refractivity contribution in [1.29, 1.82) is 0 Å². The van der Waals surface area contributed by atoms with E-state index in [1.807, 2.05) is 17.7 Å². The topological polar surface area (TPSA) is 29.9 Å². The number of anilines is 1. The van der Waals surface area contributed by atoms with Gasteiger partial charge in [-0.3, -0.25) is 0 Å². The molecule has 0 aliphatic carbocycles. The molecule has 108 valence electrons. The molecule has 0 radical (unpaired) electrons. The molecule has 0 amide bonds. The molecule has 20 heavy (non-hydrogen) atoms. The number of aromatic nitrogens is 2. The van der Waals surface area contributed by atoms with Crippen molar-refractivity contribution in [3.8, 4) is 0 Å². The van der Waals surface area contributed by atoms with Crippen LogP contribution >= 0.6 is 0 Å².